The molecule has 1 fully saturated rings. The third-order valence-corrected chi connectivity index (χ3v) is 7.45. The van der Waals surface area contributed by atoms with Crippen molar-refractivity contribution >= 4 is 27.3 Å². The Hall–Kier alpha value is -3.63. The highest BCUT2D eigenvalue weighted by molar-refractivity contribution is 7.92. The summed E-state index contributed by atoms with van der Waals surface area (Å²) in [7, 11) is -0.586. The molecule has 4 rings (SSSR count). The van der Waals surface area contributed by atoms with Crippen molar-refractivity contribution in [2.24, 2.45) is 0 Å². The second kappa shape index (κ2) is 11.0. The monoisotopic (exact) mass is 512 g/mol. The third-order valence-electron chi connectivity index (χ3n) is 6.03. The first kappa shape index (κ1) is 25.5. The molecule has 0 atom stereocenters. The number of benzene rings is 3. The molecule has 1 heterocycles. The summed E-state index contributed by atoms with van der Waals surface area (Å²) in [6.45, 7) is 2.93. The van der Waals surface area contributed by atoms with Gasteiger partial charge in [-0.1, -0.05) is 18.2 Å². The summed E-state index contributed by atoms with van der Waals surface area (Å²) in [4.78, 5) is 17.0. The fourth-order valence-electron chi connectivity index (χ4n) is 3.91. The molecule has 3 aromatic carbocycles. The van der Waals surface area contributed by atoms with Gasteiger partial charge >= 0.3 is 0 Å². The molecule has 1 aliphatic rings. The van der Waals surface area contributed by atoms with E-state index in [4.69, 9.17) is 4.74 Å². The van der Waals surface area contributed by atoms with Crippen LogP contribution in [0.1, 0.15) is 15.9 Å². The molecule has 0 spiro atoms. The molecule has 36 heavy (non-hydrogen) atoms. The van der Waals surface area contributed by atoms with Gasteiger partial charge in [0.15, 0.2) is 0 Å². The molecule has 0 aliphatic carbocycles. The highest BCUT2D eigenvalue weighted by Gasteiger charge is 2.25. The number of carbonyl (C=O) groups excluding carboxylic acids is 1. The van der Waals surface area contributed by atoms with Crippen LogP contribution in [0.5, 0.6) is 5.75 Å². The van der Waals surface area contributed by atoms with E-state index in [2.05, 4.69) is 14.9 Å². The van der Waals surface area contributed by atoms with Crippen LogP contribution in [0.3, 0.4) is 0 Å². The molecule has 10 heteroatoms. The minimum Gasteiger partial charge on any atom is -0.497 e. The van der Waals surface area contributed by atoms with E-state index in [1.54, 1.807) is 53.4 Å². The summed E-state index contributed by atoms with van der Waals surface area (Å²) in [5.74, 6) is -0.0638. The molecule has 1 amide bonds. The number of nitrogens with one attached hydrogen (secondary N) is 2. The normalized spacial score (nSPS) is 14.4. The number of anilines is 2. The second-order valence-corrected chi connectivity index (χ2v) is 10.3. The zero-order chi connectivity index (χ0) is 25.7. The van der Waals surface area contributed by atoms with E-state index >= 15 is 0 Å². The summed E-state index contributed by atoms with van der Waals surface area (Å²) in [5, 5.41) is 3.12. The quantitative estimate of drug-likeness (QED) is 0.479. The van der Waals surface area contributed by atoms with Gasteiger partial charge in [0, 0.05) is 44.4 Å². The first-order chi connectivity index (χ1) is 17.2. The van der Waals surface area contributed by atoms with Crippen molar-refractivity contribution in [1.82, 2.24) is 9.80 Å². The van der Waals surface area contributed by atoms with Gasteiger partial charge in [0.2, 0.25) is 0 Å². The molecule has 2 N–H and O–H groups in total. The van der Waals surface area contributed by atoms with Crippen LogP contribution in [0.25, 0.3) is 0 Å². The van der Waals surface area contributed by atoms with Crippen LogP contribution in [0.4, 0.5) is 15.8 Å². The number of carbonyl (C=O) groups is 1. The highest BCUT2D eigenvalue weighted by atomic mass is 32.2. The Morgan fingerprint density at radius 3 is 2.42 bits per heavy atom. The molecule has 0 saturated carbocycles. The maximum Gasteiger partial charge on any atom is 0.263 e. The molecular weight excluding hydrogens is 483 g/mol. The number of methoxy groups -OCH3 is 1. The highest BCUT2D eigenvalue weighted by Crippen LogP contribution is 2.28. The lowest BCUT2D eigenvalue weighted by atomic mass is 10.1. The maximum atomic E-state index is 13.5. The molecule has 0 bridgehead atoms. The summed E-state index contributed by atoms with van der Waals surface area (Å²) >= 11 is 0. The maximum absolute atomic E-state index is 13.5. The van der Waals surface area contributed by atoms with Gasteiger partial charge in [0.05, 0.1) is 18.5 Å². The van der Waals surface area contributed by atoms with Crippen molar-refractivity contribution in [2.75, 3.05) is 50.4 Å². The van der Waals surface area contributed by atoms with Crippen LogP contribution in [0.2, 0.25) is 0 Å². The van der Waals surface area contributed by atoms with Crippen molar-refractivity contribution in [3.63, 3.8) is 0 Å². The minimum absolute atomic E-state index is 0.0626. The van der Waals surface area contributed by atoms with E-state index in [1.807, 2.05) is 7.05 Å². The Morgan fingerprint density at radius 1 is 1.00 bits per heavy atom. The third kappa shape index (κ3) is 6.13. The van der Waals surface area contributed by atoms with Gasteiger partial charge < -0.3 is 19.9 Å². The number of amides is 1. The first-order valence-corrected chi connectivity index (χ1v) is 13.0. The summed E-state index contributed by atoms with van der Waals surface area (Å²) in [6, 6.07) is 17.1. The lowest BCUT2D eigenvalue weighted by molar-refractivity contribution is 0.0664. The van der Waals surface area contributed by atoms with E-state index in [0.29, 0.717) is 30.2 Å². The molecule has 1 saturated heterocycles. The zero-order valence-electron chi connectivity index (χ0n) is 20.2. The lowest BCUT2D eigenvalue weighted by Gasteiger charge is -2.32. The summed E-state index contributed by atoms with van der Waals surface area (Å²) < 4.78 is 48.0. The molecule has 3 aromatic rings. The van der Waals surface area contributed by atoms with Crippen LogP contribution in [0.15, 0.2) is 71.6 Å². The molecule has 0 aromatic heterocycles. The summed E-state index contributed by atoms with van der Waals surface area (Å²) in [5.41, 5.74) is 1.72. The first-order valence-electron chi connectivity index (χ1n) is 11.5. The predicted octanol–water partition coefficient (Wildman–Crippen LogP) is 3.63. The van der Waals surface area contributed by atoms with Gasteiger partial charge in [-0.05, 0) is 55.1 Å². The van der Waals surface area contributed by atoms with Gasteiger partial charge in [0.25, 0.3) is 15.9 Å². The van der Waals surface area contributed by atoms with Gasteiger partial charge in [-0.15, -0.1) is 0 Å². The fourth-order valence-corrected chi connectivity index (χ4v) is 5.17. The lowest BCUT2D eigenvalue weighted by Crippen LogP contribution is -2.47. The molecule has 190 valence electrons. The SMILES string of the molecule is COc1cccc(NS(=O)(=O)c2cc(C(=O)N3CCN(C)CC3)ccc2NCc2ccc(F)cc2)c1. The number of hydrogen-bond acceptors (Lipinski definition) is 6. The van der Waals surface area contributed by atoms with Crippen LogP contribution in [-0.2, 0) is 16.6 Å². The van der Waals surface area contributed by atoms with E-state index in [0.717, 1.165) is 18.7 Å². The van der Waals surface area contributed by atoms with Crippen LogP contribution in [-0.4, -0.2) is 64.5 Å². The Bertz CT molecular complexity index is 1320. The number of sulfonamides is 1. The van der Waals surface area contributed by atoms with Crippen molar-refractivity contribution in [3.05, 3.63) is 83.7 Å². The van der Waals surface area contributed by atoms with Crippen LogP contribution < -0.4 is 14.8 Å². The van der Waals surface area contributed by atoms with Gasteiger partial charge in [-0.25, -0.2) is 12.8 Å². The average molecular weight is 513 g/mol. The van der Waals surface area contributed by atoms with Gasteiger partial charge in [0.1, 0.15) is 16.5 Å². The summed E-state index contributed by atoms with van der Waals surface area (Å²) in [6.07, 6.45) is 0. The number of rotatable bonds is 8. The van der Waals surface area contributed by atoms with Gasteiger partial charge in [-0.2, -0.15) is 0 Å². The Labute approximate surface area is 210 Å². The number of halogens is 1. The van der Waals surface area contributed by atoms with Gasteiger partial charge in [-0.3, -0.25) is 9.52 Å². The predicted molar refractivity (Wildman–Crippen MR) is 137 cm³/mol. The average Bonchev–Trinajstić information content (AvgIpc) is 2.88. The van der Waals surface area contributed by atoms with Crippen molar-refractivity contribution in [2.45, 2.75) is 11.4 Å². The minimum atomic E-state index is -4.08. The van der Waals surface area contributed by atoms with E-state index < -0.39 is 10.0 Å². The van der Waals surface area contributed by atoms with Crippen LogP contribution >= 0.6 is 0 Å². The molecule has 0 unspecified atom stereocenters. The number of nitrogens with zero attached hydrogens (tertiary/aromatic N) is 2. The molecular formula is C26H29FN4O4S. The topological polar surface area (TPSA) is 91.0 Å². The Morgan fingerprint density at radius 2 is 1.72 bits per heavy atom. The second-order valence-electron chi connectivity index (χ2n) is 8.62. The number of ether oxygens (including phenoxy) is 1. The van der Waals surface area contributed by atoms with Crippen molar-refractivity contribution in [1.29, 1.82) is 0 Å². The Balaban J connectivity index is 1.65. The van der Waals surface area contributed by atoms with Crippen molar-refractivity contribution < 1.29 is 22.3 Å². The number of piperazine rings is 1. The zero-order valence-corrected chi connectivity index (χ0v) is 21.0. The molecule has 0 radical (unpaired) electrons. The van der Waals surface area contributed by atoms with E-state index in [1.165, 1.54) is 25.3 Å². The standard InChI is InChI=1S/C26H29FN4O4S/c1-30-12-14-31(15-13-30)26(32)20-8-11-24(28-18-19-6-9-21(27)10-7-19)25(16-20)36(33,34)29-22-4-3-5-23(17-22)35-2/h3-11,16-17,28-29H,12-15,18H2,1-2H3. The molecule has 8 nitrogen and oxygen atoms in total. The number of hydrogen-bond donors (Lipinski definition) is 2. The fraction of sp³-hybridized carbons (Fsp3) is 0.269. The van der Waals surface area contributed by atoms with Crippen LogP contribution in [0, 0.1) is 5.82 Å². The largest absolute Gasteiger partial charge is 0.497 e. The Kier molecular flexibility index (Phi) is 7.76. The van der Waals surface area contributed by atoms with Crippen molar-refractivity contribution in [3.8, 4) is 5.75 Å². The van der Waals surface area contributed by atoms with E-state index in [-0.39, 0.29) is 28.7 Å². The number of likely N-dealkylation sites (N-methyl/N-ethyl adjacent to an activating group) is 1. The smallest absolute Gasteiger partial charge is 0.263 e. The van der Waals surface area contributed by atoms with E-state index in [9.17, 15) is 17.6 Å². The molecule has 1 aliphatic heterocycles.